The van der Waals surface area contributed by atoms with Crippen molar-refractivity contribution in [3.8, 4) is 11.5 Å². The smallest absolute Gasteiger partial charge is 0.261 e. The molecule has 1 saturated heterocycles. The molecule has 4 heterocycles. The summed E-state index contributed by atoms with van der Waals surface area (Å²) < 4.78 is 26.5. The number of amides is 1. The van der Waals surface area contributed by atoms with Gasteiger partial charge in [-0.3, -0.25) is 9.48 Å². The summed E-state index contributed by atoms with van der Waals surface area (Å²) in [4.78, 5) is 26.2. The molecule has 0 aliphatic carbocycles. The van der Waals surface area contributed by atoms with Gasteiger partial charge in [0.1, 0.15) is 17.4 Å². The molecule has 29 heavy (non-hydrogen) atoms. The second-order valence-corrected chi connectivity index (χ2v) is 6.70. The first kappa shape index (κ1) is 17.5. The van der Waals surface area contributed by atoms with Crippen molar-refractivity contribution in [2.75, 3.05) is 19.8 Å². The van der Waals surface area contributed by atoms with Gasteiger partial charge in [-0.05, 0) is 12.1 Å². The molecule has 1 atom stereocenters. The Kier molecular flexibility index (Phi) is 4.09. The molecule has 0 bridgehead atoms. The van der Waals surface area contributed by atoms with E-state index in [0.717, 1.165) is 0 Å². The van der Waals surface area contributed by atoms with Crippen LogP contribution in [-0.4, -0.2) is 60.5 Å². The predicted octanol–water partition coefficient (Wildman–Crippen LogP) is 1.70. The molecule has 1 aromatic carbocycles. The van der Waals surface area contributed by atoms with Crippen LogP contribution in [0.4, 0.5) is 4.39 Å². The van der Waals surface area contributed by atoms with Gasteiger partial charge < -0.3 is 19.1 Å². The lowest BCUT2D eigenvalue weighted by Gasteiger charge is -2.33. The number of aromatic nitrogens is 6. The third-order valence-electron chi connectivity index (χ3n) is 4.80. The van der Waals surface area contributed by atoms with E-state index in [4.69, 9.17) is 9.26 Å². The average Bonchev–Trinajstić information content (AvgIpc) is 3.47. The number of carbonyl (C=O) groups excluding carboxylic acids is 1. The van der Waals surface area contributed by atoms with E-state index in [1.54, 1.807) is 29.0 Å². The van der Waals surface area contributed by atoms with Crippen LogP contribution in [-0.2, 0) is 11.8 Å². The maximum atomic E-state index is 14.0. The number of aromatic amines is 1. The Labute approximate surface area is 163 Å². The molecule has 11 heteroatoms. The van der Waals surface area contributed by atoms with E-state index in [0.29, 0.717) is 41.5 Å². The number of carbonyl (C=O) groups is 1. The topological polar surface area (TPSA) is 115 Å². The molecule has 1 aliphatic heterocycles. The minimum atomic E-state index is -0.567. The minimum absolute atomic E-state index is 0.170. The first-order valence-electron chi connectivity index (χ1n) is 8.94. The van der Waals surface area contributed by atoms with E-state index in [2.05, 4.69) is 25.2 Å². The monoisotopic (exact) mass is 397 g/mol. The largest absolute Gasteiger partial charge is 0.377 e. The van der Waals surface area contributed by atoms with Gasteiger partial charge in [0.2, 0.25) is 0 Å². The summed E-state index contributed by atoms with van der Waals surface area (Å²) in [7, 11) is 1.78. The average molecular weight is 397 g/mol. The molecular weight excluding hydrogens is 381 g/mol. The molecule has 3 aromatic heterocycles. The third-order valence-corrected chi connectivity index (χ3v) is 4.80. The van der Waals surface area contributed by atoms with Gasteiger partial charge in [-0.1, -0.05) is 5.16 Å². The van der Waals surface area contributed by atoms with Crippen molar-refractivity contribution in [1.82, 2.24) is 34.8 Å². The van der Waals surface area contributed by atoms with Crippen LogP contribution in [0.25, 0.3) is 22.5 Å². The quantitative estimate of drug-likeness (QED) is 0.559. The fourth-order valence-electron chi connectivity index (χ4n) is 3.41. The molecular formula is C18H16FN7O3. The zero-order valence-electron chi connectivity index (χ0n) is 15.4. The zero-order chi connectivity index (χ0) is 20.0. The van der Waals surface area contributed by atoms with Crippen molar-refractivity contribution >= 4 is 16.9 Å². The van der Waals surface area contributed by atoms with Crippen LogP contribution in [0.3, 0.4) is 0 Å². The number of rotatable bonds is 3. The van der Waals surface area contributed by atoms with Crippen LogP contribution in [0, 0.1) is 5.82 Å². The SMILES string of the molecule is Cn1cc(-c2nc(C3COCCN3C(=O)c3cc(F)cc4[nH]cnc34)no2)cn1. The van der Waals surface area contributed by atoms with Crippen LogP contribution >= 0.6 is 0 Å². The van der Waals surface area contributed by atoms with Crippen molar-refractivity contribution in [3.05, 3.63) is 48.1 Å². The predicted molar refractivity (Wildman–Crippen MR) is 97.1 cm³/mol. The van der Waals surface area contributed by atoms with Crippen molar-refractivity contribution in [2.45, 2.75) is 6.04 Å². The highest BCUT2D eigenvalue weighted by Gasteiger charge is 2.34. The summed E-state index contributed by atoms with van der Waals surface area (Å²) in [5.41, 5.74) is 1.70. The molecule has 1 amide bonds. The standard InChI is InChI=1S/C18H16FN7O3/c1-25-7-10(6-22-25)17-23-16(24-29-17)14-8-28-3-2-26(14)18(27)12-4-11(19)5-13-15(12)21-9-20-13/h4-7,9,14H,2-3,8H2,1H3,(H,20,21). The molecule has 1 N–H and O–H groups in total. The summed E-state index contributed by atoms with van der Waals surface area (Å²) in [6.07, 6.45) is 4.79. The normalized spacial score (nSPS) is 17.2. The second kappa shape index (κ2) is 6.78. The number of benzene rings is 1. The lowest BCUT2D eigenvalue weighted by molar-refractivity contribution is -0.00569. The highest BCUT2D eigenvalue weighted by Crippen LogP contribution is 2.28. The highest BCUT2D eigenvalue weighted by molar-refractivity contribution is 6.05. The lowest BCUT2D eigenvalue weighted by Crippen LogP contribution is -2.44. The summed E-state index contributed by atoms with van der Waals surface area (Å²) >= 11 is 0. The van der Waals surface area contributed by atoms with Gasteiger partial charge in [-0.25, -0.2) is 9.37 Å². The molecule has 148 valence electrons. The van der Waals surface area contributed by atoms with E-state index in [-0.39, 0.29) is 18.1 Å². The van der Waals surface area contributed by atoms with Crippen LogP contribution in [0.2, 0.25) is 0 Å². The molecule has 5 rings (SSSR count). The van der Waals surface area contributed by atoms with E-state index >= 15 is 0 Å². The first-order chi connectivity index (χ1) is 14.1. The maximum absolute atomic E-state index is 14.0. The van der Waals surface area contributed by atoms with Gasteiger partial charge in [0, 0.05) is 19.8 Å². The fraction of sp³-hybridized carbons (Fsp3) is 0.278. The molecule has 1 aliphatic rings. The number of morpholine rings is 1. The Morgan fingerprint density at radius 1 is 1.38 bits per heavy atom. The van der Waals surface area contributed by atoms with Crippen LogP contribution < -0.4 is 0 Å². The molecule has 1 unspecified atom stereocenters. The van der Waals surface area contributed by atoms with E-state index < -0.39 is 11.9 Å². The number of nitrogens with zero attached hydrogens (tertiary/aromatic N) is 6. The van der Waals surface area contributed by atoms with E-state index in [9.17, 15) is 9.18 Å². The number of hydrogen-bond donors (Lipinski definition) is 1. The van der Waals surface area contributed by atoms with E-state index in [1.165, 1.54) is 18.5 Å². The summed E-state index contributed by atoms with van der Waals surface area (Å²) in [5.74, 6) is -0.283. The first-order valence-corrected chi connectivity index (χ1v) is 8.94. The number of ether oxygens (including phenoxy) is 1. The number of nitrogens with one attached hydrogen (secondary N) is 1. The Balaban J connectivity index is 1.49. The molecule has 0 radical (unpaired) electrons. The summed E-state index contributed by atoms with van der Waals surface area (Å²) in [6, 6.07) is 1.92. The zero-order valence-corrected chi connectivity index (χ0v) is 15.4. The Morgan fingerprint density at radius 3 is 3.10 bits per heavy atom. The lowest BCUT2D eigenvalue weighted by atomic mass is 10.1. The van der Waals surface area contributed by atoms with Crippen LogP contribution in [0.5, 0.6) is 0 Å². The second-order valence-electron chi connectivity index (χ2n) is 6.70. The van der Waals surface area contributed by atoms with Gasteiger partial charge in [0.05, 0.1) is 42.4 Å². The van der Waals surface area contributed by atoms with Gasteiger partial charge >= 0.3 is 0 Å². The Bertz CT molecular complexity index is 1200. The summed E-state index contributed by atoms with van der Waals surface area (Å²) in [5, 5.41) is 8.11. The van der Waals surface area contributed by atoms with Gasteiger partial charge in [-0.2, -0.15) is 10.1 Å². The maximum Gasteiger partial charge on any atom is 0.261 e. The van der Waals surface area contributed by atoms with Crippen molar-refractivity contribution in [2.24, 2.45) is 7.05 Å². The van der Waals surface area contributed by atoms with Gasteiger partial charge in [0.15, 0.2) is 5.82 Å². The number of H-pyrrole nitrogens is 1. The number of aryl methyl sites for hydroxylation is 1. The highest BCUT2D eigenvalue weighted by atomic mass is 19.1. The van der Waals surface area contributed by atoms with E-state index in [1.807, 2.05) is 0 Å². The molecule has 1 fully saturated rings. The van der Waals surface area contributed by atoms with Gasteiger partial charge in [-0.15, -0.1) is 0 Å². The van der Waals surface area contributed by atoms with Gasteiger partial charge in [0.25, 0.3) is 11.8 Å². The minimum Gasteiger partial charge on any atom is -0.377 e. The summed E-state index contributed by atoms with van der Waals surface area (Å²) in [6.45, 7) is 0.869. The molecule has 10 nitrogen and oxygen atoms in total. The fourth-order valence-corrected chi connectivity index (χ4v) is 3.41. The van der Waals surface area contributed by atoms with Crippen LogP contribution in [0.15, 0.2) is 35.4 Å². The Morgan fingerprint density at radius 2 is 2.28 bits per heavy atom. The van der Waals surface area contributed by atoms with Crippen molar-refractivity contribution in [1.29, 1.82) is 0 Å². The number of hydrogen-bond acceptors (Lipinski definition) is 7. The molecule has 4 aromatic rings. The molecule has 0 saturated carbocycles. The number of fused-ring (bicyclic) bond motifs is 1. The van der Waals surface area contributed by atoms with Crippen molar-refractivity contribution in [3.63, 3.8) is 0 Å². The van der Waals surface area contributed by atoms with Crippen molar-refractivity contribution < 1.29 is 18.4 Å². The third kappa shape index (κ3) is 3.05. The Hall–Kier alpha value is -3.60. The molecule has 0 spiro atoms. The van der Waals surface area contributed by atoms with Crippen LogP contribution in [0.1, 0.15) is 22.2 Å². The number of halogens is 1. The number of imidazole rings is 1.